The van der Waals surface area contributed by atoms with Crippen molar-refractivity contribution in [2.75, 3.05) is 10.6 Å². The molecule has 1 atom stereocenters. The number of thiazole rings is 1. The second kappa shape index (κ2) is 9.37. The Bertz CT molecular complexity index is 1150. The number of rotatable bonds is 8. The predicted molar refractivity (Wildman–Crippen MR) is 116 cm³/mol. The van der Waals surface area contributed by atoms with Gasteiger partial charge in [0.05, 0.1) is 30.1 Å². The molecule has 0 spiro atoms. The Morgan fingerprint density at radius 3 is 2.59 bits per heavy atom. The van der Waals surface area contributed by atoms with Crippen molar-refractivity contribution in [3.63, 3.8) is 0 Å². The van der Waals surface area contributed by atoms with Gasteiger partial charge in [-0.25, -0.2) is 15.0 Å². The van der Waals surface area contributed by atoms with Gasteiger partial charge in [-0.3, -0.25) is 0 Å². The number of alkyl halides is 3. The molecule has 3 aromatic heterocycles. The second-order valence-electron chi connectivity index (χ2n) is 6.93. The minimum Gasteiger partial charge on any atom is -0.467 e. The van der Waals surface area contributed by atoms with Crippen LogP contribution in [0.25, 0.3) is 0 Å². The predicted octanol–water partition coefficient (Wildman–Crippen LogP) is 5.14. The number of benzene rings is 1. The molecule has 0 saturated heterocycles. The molecule has 0 aliphatic carbocycles. The van der Waals surface area contributed by atoms with Gasteiger partial charge in [-0.2, -0.15) is 13.2 Å². The van der Waals surface area contributed by atoms with E-state index in [9.17, 15) is 13.2 Å². The first-order valence-electron chi connectivity index (χ1n) is 9.59. The zero-order valence-electron chi connectivity index (χ0n) is 16.6. The molecule has 11 heteroatoms. The van der Waals surface area contributed by atoms with Gasteiger partial charge in [-0.1, -0.05) is 12.1 Å². The van der Waals surface area contributed by atoms with Crippen LogP contribution in [0.1, 0.15) is 28.6 Å². The van der Waals surface area contributed by atoms with Crippen LogP contribution < -0.4 is 16.4 Å². The molecule has 32 heavy (non-hydrogen) atoms. The fraction of sp³-hybridized carbons (Fsp3) is 0.190. The van der Waals surface area contributed by atoms with Gasteiger partial charge in [-0.15, -0.1) is 11.3 Å². The Labute approximate surface area is 185 Å². The summed E-state index contributed by atoms with van der Waals surface area (Å²) >= 11 is 1.36. The lowest BCUT2D eigenvalue weighted by molar-refractivity contribution is -0.137. The van der Waals surface area contributed by atoms with E-state index < -0.39 is 17.8 Å². The molecule has 0 aliphatic heterocycles. The lowest BCUT2D eigenvalue weighted by Gasteiger charge is -2.11. The third kappa shape index (κ3) is 5.62. The number of anilines is 3. The molecular formula is C21H19F3N6OS. The summed E-state index contributed by atoms with van der Waals surface area (Å²) in [4.78, 5) is 12.8. The topological polar surface area (TPSA) is 102 Å². The Hall–Kier alpha value is -3.44. The van der Waals surface area contributed by atoms with Crippen molar-refractivity contribution >= 4 is 28.1 Å². The summed E-state index contributed by atoms with van der Waals surface area (Å²) in [7, 11) is 0. The van der Waals surface area contributed by atoms with Crippen LogP contribution in [0.2, 0.25) is 0 Å². The number of furan rings is 1. The van der Waals surface area contributed by atoms with Crippen LogP contribution in [0, 0.1) is 0 Å². The van der Waals surface area contributed by atoms with Crippen molar-refractivity contribution in [1.29, 1.82) is 0 Å². The van der Waals surface area contributed by atoms with Gasteiger partial charge >= 0.3 is 6.18 Å². The molecule has 7 nitrogen and oxygen atoms in total. The minimum atomic E-state index is -4.36. The highest BCUT2D eigenvalue weighted by atomic mass is 32.1. The first kappa shape index (κ1) is 21.8. The molecule has 0 radical (unpaired) electrons. The van der Waals surface area contributed by atoms with E-state index in [0.29, 0.717) is 41.0 Å². The monoisotopic (exact) mass is 460 g/mol. The number of hydrogen-bond acceptors (Lipinski definition) is 8. The normalized spacial score (nSPS) is 12.5. The maximum absolute atomic E-state index is 12.7. The van der Waals surface area contributed by atoms with Crippen LogP contribution in [0.5, 0.6) is 0 Å². The highest BCUT2D eigenvalue weighted by Gasteiger charge is 2.30. The van der Waals surface area contributed by atoms with E-state index in [1.165, 1.54) is 29.8 Å². The molecule has 0 aliphatic rings. The van der Waals surface area contributed by atoms with Crippen LogP contribution in [0.4, 0.5) is 29.9 Å². The van der Waals surface area contributed by atoms with Crippen LogP contribution in [0.15, 0.2) is 64.9 Å². The Morgan fingerprint density at radius 2 is 1.88 bits per heavy atom. The molecule has 0 saturated carbocycles. The zero-order valence-corrected chi connectivity index (χ0v) is 17.5. The molecule has 0 fully saturated rings. The number of hydrogen-bond donors (Lipinski definition) is 3. The number of halogens is 3. The summed E-state index contributed by atoms with van der Waals surface area (Å²) in [5.74, 6) is 1.96. The number of nitrogens with zero attached hydrogens (tertiary/aromatic N) is 3. The molecule has 1 unspecified atom stereocenters. The molecule has 4 N–H and O–H groups in total. The summed E-state index contributed by atoms with van der Waals surface area (Å²) in [6.45, 7) is 0.490. The molecule has 0 amide bonds. The van der Waals surface area contributed by atoms with Gasteiger partial charge in [0, 0.05) is 11.4 Å². The van der Waals surface area contributed by atoms with Crippen LogP contribution in [-0.2, 0) is 19.1 Å². The molecule has 4 aromatic rings. The third-order valence-corrected chi connectivity index (χ3v) is 5.34. The van der Waals surface area contributed by atoms with E-state index in [1.54, 1.807) is 12.3 Å². The first-order chi connectivity index (χ1) is 15.4. The largest absolute Gasteiger partial charge is 0.467 e. The summed E-state index contributed by atoms with van der Waals surface area (Å²) in [5.41, 5.74) is 6.88. The lowest BCUT2D eigenvalue weighted by Crippen LogP contribution is -2.14. The van der Waals surface area contributed by atoms with E-state index >= 15 is 0 Å². The fourth-order valence-electron chi connectivity index (χ4n) is 2.92. The van der Waals surface area contributed by atoms with Gasteiger partial charge in [0.1, 0.15) is 23.7 Å². The van der Waals surface area contributed by atoms with Gasteiger partial charge in [0.15, 0.2) is 5.13 Å². The van der Waals surface area contributed by atoms with E-state index in [4.69, 9.17) is 10.2 Å². The summed E-state index contributed by atoms with van der Waals surface area (Å²) < 4.78 is 43.4. The average molecular weight is 460 g/mol. The molecule has 0 bridgehead atoms. The Morgan fingerprint density at radius 1 is 1.09 bits per heavy atom. The molecular weight excluding hydrogens is 441 g/mol. The average Bonchev–Trinajstić information content (AvgIpc) is 3.44. The smallest absolute Gasteiger partial charge is 0.416 e. The van der Waals surface area contributed by atoms with E-state index in [-0.39, 0.29) is 0 Å². The van der Waals surface area contributed by atoms with Crippen molar-refractivity contribution in [3.05, 3.63) is 83.0 Å². The van der Waals surface area contributed by atoms with Crippen molar-refractivity contribution < 1.29 is 17.6 Å². The van der Waals surface area contributed by atoms with Crippen molar-refractivity contribution in [2.24, 2.45) is 5.73 Å². The maximum atomic E-state index is 12.7. The number of nitrogens with one attached hydrogen (secondary N) is 2. The standard InChI is InChI=1S/C21H19F3N6OS/c22-21(23,24)14-5-3-13(4-6-14)8-16(25)17-11-32-20(29-17)30-19-9-18(27-12-28-19)26-10-15-2-1-7-31-15/h1-7,9,11-12,16H,8,10,25H2,(H2,26,27,28,29,30). The zero-order chi connectivity index (χ0) is 22.6. The fourth-order valence-corrected chi connectivity index (χ4v) is 3.71. The highest BCUT2D eigenvalue weighted by Crippen LogP contribution is 2.30. The van der Waals surface area contributed by atoms with Crippen molar-refractivity contribution in [3.8, 4) is 0 Å². The number of aromatic nitrogens is 3. The highest BCUT2D eigenvalue weighted by molar-refractivity contribution is 7.13. The van der Waals surface area contributed by atoms with Crippen molar-refractivity contribution in [1.82, 2.24) is 15.0 Å². The molecule has 3 heterocycles. The first-order valence-corrected chi connectivity index (χ1v) is 10.5. The lowest BCUT2D eigenvalue weighted by atomic mass is 10.0. The SMILES string of the molecule is NC(Cc1ccc(C(F)(F)F)cc1)c1csc(Nc2cc(NCc3ccco3)ncn2)n1. The summed E-state index contributed by atoms with van der Waals surface area (Å²) in [6.07, 6.45) is -0.953. The van der Waals surface area contributed by atoms with Gasteiger partial charge in [0.2, 0.25) is 0 Å². The minimum absolute atomic E-state index is 0.371. The quantitative estimate of drug-likeness (QED) is 0.334. The van der Waals surface area contributed by atoms with Crippen LogP contribution in [-0.4, -0.2) is 15.0 Å². The number of nitrogens with two attached hydrogens (primary N) is 1. The maximum Gasteiger partial charge on any atom is 0.416 e. The van der Waals surface area contributed by atoms with E-state index in [2.05, 4.69) is 25.6 Å². The summed E-state index contributed by atoms with van der Waals surface area (Å²) in [6, 6.07) is 9.95. The van der Waals surface area contributed by atoms with Crippen LogP contribution >= 0.6 is 11.3 Å². The van der Waals surface area contributed by atoms with Crippen molar-refractivity contribution in [2.45, 2.75) is 25.2 Å². The summed E-state index contributed by atoms with van der Waals surface area (Å²) in [5, 5.41) is 8.67. The van der Waals surface area contributed by atoms with Gasteiger partial charge in [-0.05, 0) is 36.2 Å². The molecule has 166 valence electrons. The van der Waals surface area contributed by atoms with Gasteiger partial charge in [0.25, 0.3) is 0 Å². The van der Waals surface area contributed by atoms with E-state index in [1.807, 2.05) is 17.5 Å². The Balaban J connectivity index is 1.35. The molecule has 4 rings (SSSR count). The van der Waals surface area contributed by atoms with Crippen LogP contribution in [0.3, 0.4) is 0 Å². The third-order valence-electron chi connectivity index (χ3n) is 4.56. The van der Waals surface area contributed by atoms with E-state index in [0.717, 1.165) is 17.9 Å². The Kier molecular flexibility index (Phi) is 6.37. The second-order valence-corrected chi connectivity index (χ2v) is 7.79. The molecule has 1 aromatic carbocycles. The van der Waals surface area contributed by atoms with Gasteiger partial charge < -0.3 is 20.8 Å².